The van der Waals surface area contributed by atoms with Gasteiger partial charge in [-0.3, -0.25) is 4.79 Å². The van der Waals surface area contributed by atoms with Crippen LogP contribution in [0.25, 0.3) is 0 Å². The Morgan fingerprint density at radius 2 is 1.77 bits per heavy atom. The van der Waals surface area contributed by atoms with E-state index in [9.17, 15) is 4.79 Å². The van der Waals surface area contributed by atoms with Gasteiger partial charge in [-0.25, -0.2) is 0 Å². The number of rotatable bonds is 3. The maximum Gasteiger partial charge on any atom is 0.253 e. The molecule has 1 fully saturated rings. The topological polar surface area (TPSA) is 29.5 Å². The Morgan fingerprint density at radius 1 is 1.12 bits per heavy atom. The van der Waals surface area contributed by atoms with Crippen molar-refractivity contribution < 1.29 is 9.53 Å². The zero-order valence-corrected chi connectivity index (χ0v) is 16.2. The molecule has 26 heavy (non-hydrogen) atoms. The zero-order chi connectivity index (χ0) is 18.7. The van der Waals surface area contributed by atoms with Gasteiger partial charge in [-0.05, 0) is 54.0 Å². The van der Waals surface area contributed by atoms with Crippen molar-refractivity contribution in [1.82, 2.24) is 4.90 Å². The summed E-state index contributed by atoms with van der Waals surface area (Å²) in [6.45, 7) is 8.10. The molecule has 0 aliphatic carbocycles. The van der Waals surface area contributed by atoms with Gasteiger partial charge in [0.25, 0.3) is 5.91 Å². The fourth-order valence-electron chi connectivity index (χ4n) is 3.60. The molecule has 1 aliphatic heterocycles. The highest BCUT2D eigenvalue weighted by Crippen LogP contribution is 2.34. The van der Waals surface area contributed by atoms with Crippen molar-refractivity contribution in [3.63, 3.8) is 0 Å². The SMILES string of the molecule is COc1ccc[c]c1C1CCN(C(=O)c2ccc(C(C)(C)C)cc2)CC1. The van der Waals surface area contributed by atoms with E-state index in [-0.39, 0.29) is 11.3 Å². The first kappa shape index (κ1) is 18.5. The fraction of sp³-hybridized carbons (Fsp3) is 0.435. The number of carbonyl (C=O) groups excluding carboxylic acids is 1. The monoisotopic (exact) mass is 350 g/mol. The number of carbonyl (C=O) groups is 1. The van der Waals surface area contributed by atoms with E-state index in [1.165, 1.54) is 5.56 Å². The van der Waals surface area contributed by atoms with Crippen LogP contribution in [0.3, 0.4) is 0 Å². The Morgan fingerprint density at radius 3 is 2.35 bits per heavy atom. The summed E-state index contributed by atoms with van der Waals surface area (Å²) in [5.41, 5.74) is 3.27. The summed E-state index contributed by atoms with van der Waals surface area (Å²) in [5, 5.41) is 0. The number of nitrogens with zero attached hydrogens (tertiary/aromatic N) is 1. The highest BCUT2D eigenvalue weighted by Gasteiger charge is 2.26. The summed E-state index contributed by atoms with van der Waals surface area (Å²) in [6, 6.07) is 17.3. The first-order valence-electron chi connectivity index (χ1n) is 9.34. The molecule has 1 aliphatic rings. The molecule has 0 saturated carbocycles. The van der Waals surface area contributed by atoms with E-state index in [1.54, 1.807) is 7.11 Å². The van der Waals surface area contributed by atoms with Crippen molar-refractivity contribution >= 4 is 5.91 Å². The second-order valence-corrected chi connectivity index (χ2v) is 8.05. The molecule has 1 radical (unpaired) electrons. The summed E-state index contributed by atoms with van der Waals surface area (Å²) in [7, 11) is 1.70. The molecule has 0 atom stereocenters. The van der Waals surface area contributed by atoms with Crippen LogP contribution in [-0.2, 0) is 5.41 Å². The van der Waals surface area contributed by atoms with E-state index in [4.69, 9.17) is 4.74 Å². The van der Waals surface area contributed by atoms with Crippen LogP contribution >= 0.6 is 0 Å². The van der Waals surface area contributed by atoms with Gasteiger partial charge in [0.05, 0.1) is 7.11 Å². The largest absolute Gasteiger partial charge is 0.496 e. The second-order valence-electron chi connectivity index (χ2n) is 8.05. The van der Waals surface area contributed by atoms with E-state index in [0.717, 1.165) is 42.8 Å². The first-order valence-corrected chi connectivity index (χ1v) is 9.34. The van der Waals surface area contributed by atoms with Crippen molar-refractivity contribution in [3.05, 3.63) is 65.2 Å². The van der Waals surface area contributed by atoms with Crippen LogP contribution in [0.15, 0.2) is 42.5 Å². The molecule has 0 bridgehead atoms. The van der Waals surface area contributed by atoms with Gasteiger partial charge in [0.2, 0.25) is 0 Å². The Kier molecular flexibility index (Phi) is 5.36. The van der Waals surface area contributed by atoms with Crippen molar-refractivity contribution in [1.29, 1.82) is 0 Å². The molecule has 2 aromatic rings. The molecule has 137 valence electrons. The number of methoxy groups -OCH3 is 1. The molecule has 0 aromatic heterocycles. The summed E-state index contributed by atoms with van der Waals surface area (Å²) < 4.78 is 5.47. The van der Waals surface area contributed by atoms with Crippen LogP contribution in [0, 0.1) is 6.07 Å². The smallest absolute Gasteiger partial charge is 0.253 e. The Bertz CT molecular complexity index is 751. The van der Waals surface area contributed by atoms with Crippen LogP contribution in [0.5, 0.6) is 5.75 Å². The maximum atomic E-state index is 12.8. The van der Waals surface area contributed by atoms with Gasteiger partial charge >= 0.3 is 0 Å². The number of benzene rings is 2. The lowest BCUT2D eigenvalue weighted by Crippen LogP contribution is -2.38. The van der Waals surface area contributed by atoms with E-state index in [0.29, 0.717) is 5.92 Å². The van der Waals surface area contributed by atoms with Gasteiger partial charge in [-0.2, -0.15) is 0 Å². The minimum atomic E-state index is 0.102. The van der Waals surface area contributed by atoms with Gasteiger partial charge in [0.15, 0.2) is 0 Å². The van der Waals surface area contributed by atoms with Gasteiger partial charge in [0.1, 0.15) is 5.75 Å². The predicted octanol–water partition coefficient (Wildman–Crippen LogP) is 4.81. The van der Waals surface area contributed by atoms with Crippen LogP contribution in [0.2, 0.25) is 0 Å². The third-order valence-electron chi connectivity index (χ3n) is 5.26. The normalized spacial score (nSPS) is 15.8. The van der Waals surface area contributed by atoms with E-state index in [1.807, 2.05) is 35.2 Å². The highest BCUT2D eigenvalue weighted by atomic mass is 16.5. The molecular weight excluding hydrogens is 322 g/mol. The number of piperidine rings is 1. The molecule has 0 spiro atoms. The van der Waals surface area contributed by atoms with Crippen LogP contribution in [0.1, 0.15) is 61.0 Å². The number of ether oxygens (including phenoxy) is 1. The van der Waals surface area contributed by atoms with Gasteiger partial charge < -0.3 is 9.64 Å². The van der Waals surface area contributed by atoms with Crippen molar-refractivity contribution in [2.45, 2.75) is 44.9 Å². The molecule has 0 unspecified atom stereocenters. The third-order valence-corrected chi connectivity index (χ3v) is 5.26. The van der Waals surface area contributed by atoms with E-state index in [2.05, 4.69) is 39.0 Å². The third kappa shape index (κ3) is 3.92. The van der Waals surface area contributed by atoms with Gasteiger partial charge in [-0.1, -0.05) is 45.0 Å². The lowest BCUT2D eigenvalue weighted by Gasteiger charge is -2.32. The molecule has 3 heteroatoms. The second kappa shape index (κ2) is 7.53. The lowest BCUT2D eigenvalue weighted by molar-refractivity contribution is 0.0712. The number of hydrogen-bond acceptors (Lipinski definition) is 2. The number of likely N-dealkylation sites (tertiary alicyclic amines) is 1. The van der Waals surface area contributed by atoms with Gasteiger partial charge in [0, 0.05) is 24.2 Å². The average molecular weight is 350 g/mol. The zero-order valence-electron chi connectivity index (χ0n) is 16.2. The van der Waals surface area contributed by atoms with E-state index >= 15 is 0 Å². The Hall–Kier alpha value is -2.29. The molecule has 1 amide bonds. The molecule has 3 nitrogen and oxygen atoms in total. The molecular formula is C23H28NO2. The van der Waals surface area contributed by atoms with Crippen molar-refractivity contribution in [3.8, 4) is 5.75 Å². The molecule has 3 rings (SSSR count). The fourth-order valence-corrected chi connectivity index (χ4v) is 3.60. The standard InChI is InChI=1S/C23H28NO2/c1-23(2,3)19-11-9-18(10-12-19)22(25)24-15-13-17(14-16-24)20-7-5-6-8-21(20)26-4/h5-6,8-12,17H,13-16H2,1-4H3. The maximum absolute atomic E-state index is 12.8. The Labute approximate surface area is 157 Å². The predicted molar refractivity (Wildman–Crippen MR) is 105 cm³/mol. The summed E-state index contributed by atoms with van der Waals surface area (Å²) in [6.07, 6.45) is 1.89. The van der Waals surface area contributed by atoms with Crippen molar-refractivity contribution in [2.75, 3.05) is 20.2 Å². The van der Waals surface area contributed by atoms with Crippen molar-refractivity contribution in [2.24, 2.45) is 0 Å². The highest BCUT2D eigenvalue weighted by molar-refractivity contribution is 5.94. The summed E-state index contributed by atoms with van der Waals surface area (Å²) in [4.78, 5) is 14.8. The molecule has 1 saturated heterocycles. The summed E-state index contributed by atoms with van der Waals surface area (Å²) >= 11 is 0. The van der Waals surface area contributed by atoms with Crippen LogP contribution in [-0.4, -0.2) is 31.0 Å². The number of hydrogen-bond donors (Lipinski definition) is 0. The van der Waals surface area contributed by atoms with Gasteiger partial charge in [-0.15, -0.1) is 0 Å². The van der Waals surface area contributed by atoms with Crippen LogP contribution in [0.4, 0.5) is 0 Å². The molecule has 0 N–H and O–H groups in total. The minimum absolute atomic E-state index is 0.102. The average Bonchev–Trinajstić information content (AvgIpc) is 2.67. The Balaban J connectivity index is 1.65. The number of amides is 1. The molecule has 2 aromatic carbocycles. The minimum Gasteiger partial charge on any atom is -0.496 e. The lowest BCUT2D eigenvalue weighted by atomic mass is 9.86. The quantitative estimate of drug-likeness (QED) is 0.795. The van der Waals surface area contributed by atoms with E-state index < -0.39 is 0 Å². The summed E-state index contributed by atoms with van der Waals surface area (Å²) in [5.74, 6) is 1.43. The van der Waals surface area contributed by atoms with Crippen LogP contribution < -0.4 is 4.74 Å². The first-order chi connectivity index (χ1) is 12.4. The molecule has 1 heterocycles.